The molecule has 3 nitrogen and oxygen atoms in total. The number of rotatable bonds is 2. The van der Waals surface area contributed by atoms with Gasteiger partial charge >= 0.3 is 0 Å². The van der Waals surface area contributed by atoms with Crippen LogP contribution in [0.15, 0.2) is 5.10 Å². The molecule has 0 aliphatic heterocycles. The first kappa shape index (κ1) is 13.8. The number of hydrogen-bond donors (Lipinski definition) is 2. The Bertz CT molecular complexity index is 308. The molecular weight excluding hydrogens is 242 g/mol. The monoisotopic (exact) mass is 267 g/mol. The molecule has 18 heavy (non-hydrogen) atoms. The van der Waals surface area contributed by atoms with E-state index in [-0.39, 0.29) is 0 Å². The molecule has 0 aromatic carbocycles. The summed E-state index contributed by atoms with van der Waals surface area (Å²) in [6.45, 7) is 2.26. The van der Waals surface area contributed by atoms with Crippen LogP contribution in [0, 0.1) is 5.92 Å². The molecule has 1 atom stereocenters. The van der Waals surface area contributed by atoms with Crippen LogP contribution in [-0.2, 0) is 0 Å². The zero-order chi connectivity index (χ0) is 12.8. The van der Waals surface area contributed by atoms with Gasteiger partial charge in [0.2, 0.25) is 0 Å². The first-order chi connectivity index (χ1) is 8.75. The van der Waals surface area contributed by atoms with Gasteiger partial charge in [0.05, 0.1) is 0 Å². The average molecular weight is 267 g/mol. The van der Waals surface area contributed by atoms with Crippen LogP contribution < -0.4 is 10.7 Å². The Morgan fingerprint density at radius 1 is 1.11 bits per heavy atom. The largest absolute Gasteiger partial charge is 0.359 e. The van der Waals surface area contributed by atoms with Gasteiger partial charge in [0, 0.05) is 11.8 Å². The average Bonchev–Trinajstić information content (AvgIpc) is 2.39. The summed E-state index contributed by atoms with van der Waals surface area (Å²) in [4.78, 5) is 0. The van der Waals surface area contributed by atoms with E-state index in [0.29, 0.717) is 17.1 Å². The summed E-state index contributed by atoms with van der Waals surface area (Å²) in [5.41, 5.74) is 4.32. The summed E-state index contributed by atoms with van der Waals surface area (Å²) in [7, 11) is 0. The standard InChI is InChI=1S/C14H25N3S/c1-11-7-5-6-10-13(11)16-17-14(18)15-12-8-3-2-4-9-12/h11-12H,2-10H2,1H3,(H2,15,17,18)/t11-/m0/s1. The Morgan fingerprint density at radius 3 is 2.56 bits per heavy atom. The van der Waals surface area contributed by atoms with Gasteiger partial charge in [0.15, 0.2) is 5.11 Å². The third-order valence-corrected chi connectivity index (χ3v) is 4.34. The summed E-state index contributed by atoms with van der Waals surface area (Å²) in [5, 5.41) is 8.58. The topological polar surface area (TPSA) is 36.4 Å². The van der Waals surface area contributed by atoms with Gasteiger partial charge in [0.1, 0.15) is 0 Å². The second kappa shape index (κ2) is 7.07. The van der Waals surface area contributed by atoms with Crippen molar-refractivity contribution in [2.45, 2.75) is 70.8 Å². The molecule has 0 amide bonds. The van der Waals surface area contributed by atoms with Gasteiger partial charge in [-0.25, -0.2) is 0 Å². The van der Waals surface area contributed by atoms with Gasteiger partial charge in [-0.2, -0.15) is 5.10 Å². The highest BCUT2D eigenvalue weighted by atomic mass is 32.1. The van der Waals surface area contributed by atoms with E-state index in [2.05, 4.69) is 22.8 Å². The normalized spacial score (nSPS) is 28.1. The van der Waals surface area contributed by atoms with Crippen molar-refractivity contribution < 1.29 is 0 Å². The van der Waals surface area contributed by atoms with Crippen molar-refractivity contribution >= 4 is 23.0 Å². The highest BCUT2D eigenvalue weighted by Gasteiger charge is 2.16. The summed E-state index contributed by atoms with van der Waals surface area (Å²) in [6.07, 6.45) is 11.5. The lowest BCUT2D eigenvalue weighted by Crippen LogP contribution is -2.41. The predicted octanol–water partition coefficient (Wildman–Crippen LogP) is 3.35. The molecule has 4 heteroatoms. The predicted molar refractivity (Wildman–Crippen MR) is 80.8 cm³/mol. The van der Waals surface area contributed by atoms with E-state index in [1.807, 2.05) is 0 Å². The van der Waals surface area contributed by atoms with Crippen molar-refractivity contribution in [3.63, 3.8) is 0 Å². The quantitative estimate of drug-likeness (QED) is 0.595. The molecule has 0 unspecified atom stereocenters. The number of hydrazone groups is 1. The fourth-order valence-electron chi connectivity index (χ4n) is 2.92. The van der Waals surface area contributed by atoms with Crippen molar-refractivity contribution in [1.82, 2.24) is 10.7 Å². The van der Waals surface area contributed by atoms with Crippen LogP contribution in [0.5, 0.6) is 0 Å². The van der Waals surface area contributed by atoms with Crippen LogP contribution >= 0.6 is 12.2 Å². The number of nitrogens with zero attached hydrogens (tertiary/aromatic N) is 1. The SMILES string of the molecule is C[C@H]1CCCCC1=NNC(=S)NC1CCCCC1. The highest BCUT2D eigenvalue weighted by molar-refractivity contribution is 7.80. The van der Waals surface area contributed by atoms with E-state index in [9.17, 15) is 0 Å². The summed E-state index contributed by atoms with van der Waals surface area (Å²) in [5.74, 6) is 0.615. The van der Waals surface area contributed by atoms with Crippen molar-refractivity contribution in [3.05, 3.63) is 0 Å². The minimum atomic E-state index is 0.558. The van der Waals surface area contributed by atoms with E-state index in [1.54, 1.807) is 0 Å². The molecule has 0 aromatic rings. The molecule has 0 radical (unpaired) electrons. The molecule has 2 saturated carbocycles. The molecule has 102 valence electrons. The molecule has 2 rings (SSSR count). The number of thiocarbonyl (C=S) groups is 1. The summed E-state index contributed by atoms with van der Waals surface area (Å²) < 4.78 is 0. The Labute approximate surface area is 116 Å². The molecule has 2 aliphatic rings. The van der Waals surface area contributed by atoms with Gasteiger partial charge in [-0.05, 0) is 50.2 Å². The van der Waals surface area contributed by atoms with E-state index in [1.165, 1.54) is 57.1 Å². The van der Waals surface area contributed by atoms with Gasteiger partial charge in [-0.3, -0.25) is 5.43 Å². The fourth-order valence-corrected chi connectivity index (χ4v) is 3.14. The molecular formula is C14H25N3S. The fraction of sp³-hybridized carbons (Fsp3) is 0.857. The maximum atomic E-state index is 5.31. The van der Waals surface area contributed by atoms with Crippen LogP contribution in [0.25, 0.3) is 0 Å². The summed E-state index contributed by atoms with van der Waals surface area (Å²) in [6, 6.07) is 0.558. The molecule has 0 bridgehead atoms. The van der Waals surface area contributed by atoms with Crippen molar-refractivity contribution in [2.75, 3.05) is 0 Å². The van der Waals surface area contributed by atoms with E-state index in [0.717, 1.165) is 6.42 Å². The summed E-state index contributed by atoms with van der Waals surface area (Å²) >= 11 is 5.31. The molecule has 0 saturated heterocycles. The lowest BCUT2D eigenvalue weighted by molar-refractivity contribution is 0.412. The van der Waals surface area contributed by atoms with Gasteiger partial charge in [-0.15, -0.1) is 0 Å². The van der Waals surface area contributed by atoms with Crippen LogP contribution in [0.4, 0.5) is 0 Å². The Hall–Kier alpha value is -0.640. The molecule has 2 fully saturated rings. The molecule has 2 N–H and O–H groups in total. The van der Waals surface area contributed by atoms with Crippen LogP contribution in [-0.4, -0.2) is 16.9 Å². The van der Waals surface area contributed by atoms with Crippen molar-refractivity contribution in [1.29, 1.82) is 0 Å². The Balaban J connectivity index is 1.74. The molecule has 0 spiro atoms. The maximum absolute atomic E-state index is 5.31. The van der Waals surface area contributed by atoms with Crippen LogP contribution in [0.1, 0.15) is 64.7 Å². The zero-order valence-electron chi connectivity index (χ0n) is 11.4. The van der Waals surface area contributed by atoms with Crippen LogP contribution in [0.3, 0.4) is 0 Å². The van der Waals surface area contributed by atoms with Gasteiger partial charge in [0.25, 0.3) is 0 Å². The number of hydrogen-bond acceptors (Lipinski definition) is 2. The second-order valence-electron chi connectivity index (χ2n) is 5.67. The molecule has 2 aliphatic carbocycles. The van der Waals surface area contributed by atoms with E-state index in [4.69, 9.17) is 12.2 Å². The first-order valence-corrected chi connectivity index (χ1v) is 7.79. The van der Waals surface area contributed by atoms with Crippen molar-refractivity contribution in [2.24, 2.45) is 11.0 Å². The first-order valence-electron chi connectivity index (χ1n) is 7.38. The zero-order valence-corrected chi connectivity index (χ0v) is 12.2. The third kappa shape index (κ3) is 4.23. The van der Waals surface area contributed by atoms with Crippen LogP contribution in [0.2, 0.25) is 0 Å². The molecule has 0 aromatic heterocycles. The smallest absolute Gasteiger partial charge is 0.187 e. The van der Waals surface area contributed by atoms with Gasteiger partial charge < -0.3 is 5.32 Å². The highest BCUT2D eigenvalue weighted by Crippen LogP contribution is 2.20. The van der Waals surface area contributed by atoms with Gasteiger partial charge in [-0.1, -0.05) is 32.6 Å². The minimum Gasteiger partial charge on any atom is -0.359 e. The minimum absolute atomic E-state index is 0.558. The Morgan fingerprint density at radius 2 is 1.83 bits per heavy atom. The lowest BCUT2D eigenvalue weighted by atomic mass is 9.89. The van der Waals surface area contributed by atoms with E-state index < -0.39 is 0 Å². The van der Waals surface area contributed by atoms with Crippen molar-refractivity contribution in [3.8, 4) is 0 Å². The molecule has 0 heterocycles. The van der Waals surface area contributed by atoms with E-state index >= 15 is 0 Å². The number of nitrogens with one attached hydrogen (secondary N) is 2. The Kier molecular flexibility index (Phi) is 5.42. The second-order valence-corrected chi connectivity index (χ2v) is 6.08. The third-order valence-electron chi connectivity index (χ3n) is 4.13. The maximum Gasteiger partial charge on any atom is 0.187 e. The lowest BCUT2D eigenvalue weighted by Gasteiger charge is -2.24.